The van der Waals surface area contributed by atoms with Crippen LogP contribution in [0.15, 0.2) is 24.4 Å². The van der Waals surface area contributed by atoms with Gasteiger partial charge in [0, 0.05) is 48.7 Å². The van der Waals surface area contributed by atoms with E-state index in [0.717, 1.165) is 42.0 Å². The van der Waals surface area contributed by atoms with E-state index in [1.165, 1.54) is 18.5 Å². The summed E-state index contributed by atoms with van der Waals surface area (Å²) in [5.74, 6) is 0. The molecule has 126 valence electrons. The molecule has 2 aromatic rings. The monoisotopic (exact) mass is 325 g/mol. The molecule has 6 nitrogen and oxygen atoms in total. The van der Waals surface area contributed by atoms with E-state index in [2.05, 4.69) is 33.4 Å². The summed E-state index contributed by atoms with van der Waals surface area (Å²) in [6.07, 6.45) is 5.14. The number of nitrogens with zero attached hydrogens (tertiary/aromatic N) is 3. The van der Waals surface area contributed by atoms with Gasteiger partial charge in [-0.3, -0.25) is 5.10 Å². The Balaban J connectivity index is 1.49. The molecule has 0 atom stereocenters. The van der Waals surface area contributed by atoms with Gasteiger partial charge >= 0.3 is 6.03 Å². The third kappa shape index (κ3) is 2.72. The summed E-state index contributed by atoms with van der Waals surface area (Å²) in [6.45, 7) is 5.63. The fourth-order valence-electron chi connectivity index (χ4n) is 3.65. The minimum atomic E-state index is -0.0384. The lowest BCUT2D eigenvalue weighted by molar-refractivity contribution is 0.206. The summed E-state index contributed by atoms with van der Waals surface area (Å²) in [5, 5.41) is 10.2. The van der Waals surface area contributed by atoms with E-state index < -0.39 is 0 Å². The van der Waals surface area contributed by atoms with E-state index in [9.17, 15) is 4.79 Å². The largest absolute Gasteiger partial charge is 0.371 e. The van der Waals surface area contributed by atoms with E-state index in [0.29, 0.717) is 13.1 Å². The normalized spacial score (nSPS) is 17.0. The summed E-state index contributed by atoms with van der Waals surface area (Å²) < 4.78 is 0. The zero-order chi connectivity index (χ0) is 16.5. The number of urea groups is 1. The summed E-state index contributed by atoms with van der Waals surface area (Å²) in [6, 6.07) is 6.12. The van der Waals surface area contributed by atoms with E-state index in [1.54, 1.807) is 0 Å². The SMILES string of the molecule is Cc1c(NC(=O)N2CCc3[nH]ncc3C2)cccc1N1CCCC1. The Hall–Kier alpha value is -2.50. The quantitative estimate of drug-likeness (QED) is 0.892. The van der Waals surface area contributed by atoms with Crippen molar-refractivity contribution in [3.05, 3.63) is 41.2 Å². The molecular formula is C18H23N5O. The van der Waals surface area contributed by atoms with Crippen molar-refractivity contribution >= 4 is 17.4 Å². The molecule has 2 aliphatic rings. The Morgan fingerprint density at radius 3 is 2.92 bits per heavy atom. The molecule has 0 unspecified atom stereocenters. The molecule has 0 bridgehead atoms. The van der Waals surface area contributed by atoms with Crippen LogP contribution < -0.4 is 10.2 Å². The Labute approximate surface area is 141 Å². The fraction of sp³-hybridized carbons (Fsp3) is 0.444. The lowest BCUT2D eigenvalue weighted by Crippen LogP contribution is -2.38. The average molecular weight is 325 g/mol. The number of aromatic amines is 1. The van der Waals surface area contributed by atoms with Gasteiger partial charge in [-0.05, 0) is 37.5 Å². The van der Waals surface area contributed by atoms with Crippen LogP contribution in [0.5, 0.6) is 0 Å². The topological polar surface area (TPSA) is 64.3 Å². The van der Waals surface area contributed by atoms with Crippen molar-refractivity contribution in [1.82, 2.24) is 15.1 Å². The van der Waals surface area contributed by atoms with Crippen molar-refractivity contribution in [1.29, 1.82) is 0 Å². The highest BCUT2D eigenvalue weighted by Crippen LogP contribution is 2.29. The number of hydrogen-bond acceptors (Lipinski definition) is 3. The summed E-state index contributed by atoms with van der Waals surface area (Å²) in [7, 11) is 0. The predicted octanol–water partition coefficient (Wildman–Crippen LogP) is 2.91. The van der Waals surface area contributed by atoms with Crippen molar-refractivity contribution in [2.75, 3.05) is 29.9 Å². The first-order valence-electron chi connectivity index (χ1n) is 8.64. The number of carbonyl (C=O) groups excluding carboxylic acids is 1. The number of hydrogen-bond donors (Lipinski definition) is 2. The van der Waals surface area contributed by atoms with Gasteiger partial charge in [-0.2, -0.15) is 5.10 Å². The molecule has 0 spiro atoms. The van der Waals surface area contributed by atoms with Gasteiger partial charge in [-0.15, -0.1) is 0 Å². The molecule has 1 saturated heterocycles. The molecule has 1 aromatic carbocycles. The van der Waals surface area contributed by atoms with Crippen LogP contribution in [0.25, 0.3) is 0 Å². The number of carbonyl (C=O) groups is 1. The van der Waals surface area contributed by atoms with Crippen LogP contribution in [0, 0.1) is 6.92 Å². The summed E-state index contributed by atoms with van der Waals surface area (Å²) in [5.41, 5.74) is 5.54. The van der Waals surface area contributed by atoms with Crippen LogP contribution in [0.1, 0.15) is 29.7 Å². The second-order valence-electron chi connectivity index (χ2n) is 6.62. The van der Waals surface area contributed by atoms with Crippen LogP contribution in [-0.2, 0) is 13.0 Å². The molecule has 3 heterocycles. The minimum absolute atomic E-state index is 0.0384. The number of rotatable bonds is 2. The van der Waals surface area contributed by atoms with Crippen LogP contribution in [-0.4, -0.2) is 40.8 Å². The van der Waals surface area contributed by atoms with Crippen LogP contribution in [0.2, 0.25) is 0 Å². The molecule has 4 rings (SSSR count). The molecule has 2 N–H and O–H groups in total. The maximum atomic E-state index is 12.7. The van der Waals surface area contributed by atoms with Gasteiger partial charge < -0.3 is 15.1 Å². The van der Waals surface area contributed by atoms with E-state index >= 15 is 0 Å². The molecule has 0 saturated carbocycles. The van der Waals surface area contributed by atoms with Gasteiger partial charge in [-0.1, -0.05) is 6.07 Å². The van der Waals surface area contributed by atoms with Crippen molar-refractivity contribution in [3.8, 4) is 0 Å². The van der Waals surface area contributed by atoms with Crippen molar-refractivity contribution in [2.24, 2.45) is 0 Å². The molecule has 24 heavy (non-hydrogen) atoms. The number of H-pyrrole nitrogens is 1. The highest BCUT2D eigenvalue weighted by atomic mass is 16.2. The average Bonchev–Trinajstić information content (AvgIpc) is 3.27. The van der Waals surface area contributed by atoms with Crippen LogP contribution in [0.3, 0.4) is 0 Å². The maximum Gasteiger partial charge on any atom is 0.322 e. The van der Waals surface area contributed by atoms with Gasteiger partial charge in [0.05, 0.1) is 12.7 Å². The zero-order valence-corrected chi connectivity index (χ0v) is 14.0. The Kier molecular flexibility index (Phi) is 3.88. The Morgan fingerprint density at radius 2 is 2.08 bits per heavy atom. The second kappa shape index (κ2) is 6.19. The first kappa shape index (κ1) is 15.1. The Bertz CT molecular complexity index is 748. The van der Waals surface area contributed by atoms with Gasteiger partial charge in [0.1, 0.15) is 0 Å². The third-order valence-electron chi connectivity index (χ3n) is 5.08. The third-order valence-corrected chi connectivity index (χ3v) is 5.08. The summed E-state index contributed by atoms with van der Waals surface area (Å²) in [4.78, 5) is 16.9. The minimum Gasteiger partial charge on any atom is -0.371 e. The zero-order valence-electron chi connectivity index (χ0n) is 14.0. The lowest BCUT2D eigenvalue weighted by atomic mass is 10.1. The molecule has 1 fully saturated rings. The van der Waals surface area contributed by atoms with Gasteiger partial charge in [0.25, 0.3) is 0 Å². The first-order valence-corrected chi connectivity index (χ1v) is 8.64. The number of nitrogens with one attached hydrogen (secondary N) is 2. The van der Waals surface area contributed by atoms with E-state index in [1.807, 2.05) is 23.2 Å². The number of fused-ring (bicyclic) bond motifs is 1. The molecule has 0 radical (unpaired) electrons. The summed E-state index contributed by atoms with van der Waals surface area (Å²) >= 11 is 0. The van der Waals surface area contributed by atoms with Gasteiger partial charge in [-0.25, -0.2) is 4.79 Å². The molecule has 0 aliphatic carbocycles. The molecule has 6 heteroatoms. The smallest absolute Gasteiger partial charge is 0.322 e. The van der Waals surface area contributed by atoms with Gasteiger partial charge in [0.15, 0.2) is 0 Å². The number of aromatic nitrogens is 2. The number of anilines is 2. The second-order valence-corrected chi connectivity index (χ2v) is 6.62. The number of amides is 2. The van der Waals surface area contributed by atoms with Crippen LogP contribution in [0.4, 0.5) is 16.2 Å². The highest BCUT2D eigenvalue weighted by molar-refractivity contribution is 5.91. The molecule has 2 aliphatic heterocycles. The highest BCUT2D eigenvalue weighted by Gasteiger charge is 2.23. The predicted molar refractivity (Wildman–Crippen MR) is 94.3 cm³/mol. The van der Waals surface area contributed by atoms with Crippen LogP contribution >= 0.6 is 0 Å². The maximum absolute atomic E-state index is 12.7. The van der Waals surface area contributed by atoms with Crippen molar-refractivity contribution < 1.29 is 4.79 Å². The number of benzene rings is 1. The van der Waals surface area contributed by atoms with Gasteiger partial charge in [0.2, 0.25) is 0 Å². The fourth-order valence-corrected chi connectivity index (χ4v) is 3.65. The van der Waals surface area contributed by atoms with E-state index in [-0.39, 0.29) is 6.03 Å². The van der Waals surface area contributed by atoms with Crippen molar-refractivity contribution in [3.63, 3.8) is 0 Å². The lowest BCUT2D eigenvalue weighted by Gasteiger charge is -2.28. The molecule has 1 aromatic heterocycles. The van der Waals surface area contributed by atoms with Crippen molar-refractivity contribution in [2.45, 2.75) is 32.7 Å². The Morgan fingerprint density at radius 1 is 1.25 bits per heavy atom. The first-order chi connectivity index (χ1) is 11.7. The van der Waals surface area contributed by atoms with E-state index in [4.69, 9.17) is 0 Å². The molecule has 2 amide bonds. The standard InChI is InChI=1S/C18H23N5O/c1-13-15(5-4-6-17(13)22-8-2-3-9-22)20-18(24)23-10-7-16-14(12-23)11-19-21-16/h4-6,11H,2-3,7-10,12H2,1H3,(H,19,21)(H,20,24). The molecular weight excluding hydrogens is 302 g/mol.